The molecule has 0 aliphatic carbocycles. The van der Waals surface area contributed by atoms with Gasteiger partial charge in [0.2, 0.25) is 11.8 Å². The summed E-state index contributed by atoms with van der Waals surface area (Å²) in [6.45, 7) is 3.49. The molecule has 5 aromatic rings. The number of anilines is 1. The SMILES string of the molecule is CCCC(=O)Nc1ccc(-c2ccc(-c3cnc([C@@H]4CCCN4C(=O)[C@H](NC(=O)N4CCC[C@@H](NC(=O)OCc5ccccc5)C4)c4ccccc4)[nH]3)cc2)cc1. The third-order valence-corrected chi connectivity index (χ3v) is 10.5. The largest absolute Gasteiger partial charge is 0.445 e. The molecule has 4 aromatic carbocycles. The number of aromatic amines is 1. The van der Waals surface area contributed by atoms with E-state index < -0.39 is 12.1 Å². The quantitative estimate of drug-likeness (QED) is 0.101. The average Bonchev–Trinajstić information content (AvgIpc) is 3.94. The molecule has 3 atom stereocenters. The molecule has 0 bridgehead atoms. The molecule has 3 heterocycles. The summed E-state index contributed by atoms with van der Waals surface area (Å²) in [5.74, 6) is 0.507. The molecule has 0 unspecified atom stereocenters. The fourth-order valence-corrected chi connectivity index (χ4v) is 7.53. The summed E-state index contributed by atoms with van der Waals surface area (Å²) in [7, 11) is 0. The Hall–Kier alpha value is -6.43. The lowest BCUT2D eigenvalue weighted by molar-refractivity contribution is -0.134. The smallest absolute Gasteiger partial charge is 0.407 e. The predicted molar refractivity (Wildman–Crippen MR) is 219 cm³/mol. The van der Waals surface area contributed by atoms with Crippen LogP contribution in [0.1, 0.15) is 74.5 Å². The standard InChI is InChI=1S/C45H49N7O5/c1-2-11-40(53)47-36-24-22-33(23-25-36)32-18-20-34(21-19-32)38-28-46-42(49-38)39-17-10-27-52(39)43(54)41(35-14-7-4-8-15-35)50-44(55)51-26-9-16-37(29-51)48-45(56)57-30-31-12-5-3-6-13-31/h3-8,12-15,18-25,28,37,39,41H,2,9-11,16-17,26-27,29-30H2,1H3,(H,46,49)(H,47,53)(H,48,56)(H,50,55)/t37-,39+,41-/m1/s1. The second-order valence-corrected chi connectivity index (χ2v) is 14.6. The monoisotopic (exact) mass is 767 g/mol. The molecule has 1 aromatic heterocycles. The topological polar surface area (TPSA) is 149 Å². The number of piperidine rings is 1. The highest BCUT2D eigenvalue weighted by Gasteiger charge is 2.38. The number of nitrogens with one attached hydrogen (secondary N) is 4. The van der Waals surface area contributed by atoms with E-state index in [0.717, 1.165) is 52.9 Å². The molecule has 4 N–H and O–H groups in total. The minimum atomic E-state index is -0.910. The van der Waals surface area contributed by atoms with Crippen molar-refractivity contribution in [3.05, 3.63) is 132 Å². The van der Waals surface area contributed by atoms with E-state index in [1.54, 1.807) is 11.1 Å². The van der Waals surface area contributed by atoms with Crippen molar-refractivity contribution in [2.45, 2.75) is 70.2 Å². The third-order valence-electron chi connectivity index (χ3n) is 10.5. The van der Waals surface area contributed by atoms with E-state index in [2.05, 4.69) is 33.1 Å². The van der Waals surface area contributed by atoms with E-state index in [9.17, 15) is 19.2 Å². The molecule has 2 saturated heterocycles. The van der Waals surface area contributed by atoms with Crippen LogP contribution in [0.2, 0.25) is 0 Å². The molecular weight excluding hydrogens is 719 g/mol. The second kappa shape index (κ2) is 18.5. The van der Waals surface area contributed by atoms with Crippen LogP contribution < -0.4 is 16.0 Å². The number of alkyl carbamates (subject to hydrolysis) is 1. The van der Waals surface area contributed by atoms with Gasteiger partial charge in [-0.05, 0) is 72.1 Å². The van der Waals surface area contributed by atoms with E-state index >= 15 is 0 Å². The van der Waals surface area contributed by atoms with Gasteiger partial charge >= 0.3 is 12.1 Å². The van der Waals surface area contributed by atoms with Gasteiger partial charge in [0.15, 0.2) is 0 Å². The van der Waals surface area contributed by atoms with Crippen LogP contribution >= 0.6 is 0 Å². The molecule has 0 spiro atoms. The number of benzene rings is 4. The van der Waals surface area contributed by atoms with Crippen molar-refractivity contribution in [2.75, 3.05) is 25.0 Å². The van der Waals surface area contributed by atoms with Gasteiger partial charge in [-0.15, -0.1) is 0 Å². The maximum atomic E-state index is 14.5. The van der Waals surface area contributed by atoms with E-state index in [-0.39, 0.29) is 36.5 Å². The van der Waals surface area contributed by atoms with Crippen LogP contribution in [0, 0.1) is 0 Å². The molecule has 5 amide bonds. The maximum absolute atomic E-state index is 14.5. The Labute approximate surface area is 333 Å². The lowest BCUT2D eigenvalue weighted by atomic mass is 10.0. The number of hydrogen-bond acceptors (Lipinski definition) is 6. The molecule has 0 radical (unpaired) electrons. The molecular formula is C45H49N7O5. The van der Waals surface area contributed by atoms with Gasteiger partial charge in [-0.25, -0.2) is 14.6 Å². The molecule has 2 aliphatic heterocycles. The lowest BCUT2D eigenvalue weighted by Gasteiger charge is -2.35. The molecule has 2 aliphatic rings. The summed E-state index contributed by atoms with van der Waals surface area (Å²) in [4.78, 5) is 64.5. The number of carbonyl (C=O) groups is 4. The first-order valence-corrected chi connectivity index (χ1v) is 19.8. The highest BCUT2D eigenvalue weighted by molar-refractivity contribution is 5.91. The number of urea groups is 1. The van der Waals surface area contributed by atoms with Crippen molar-refractivity contribution in [1.82, 2.24) is 30.4 Å². The first kappa shape index (κ1) is 38.8. The van der Waals surface area contributed by atoms with Gasteiger partial charge in [0, 0.05) is 37.8 Å². The summed E-state index contributed by atoms with van der Waals surface area (Å²) >= 11 is 0. The van der Waals surface area contributed by atoms with Gasteiger partial charge in [0.1, 0.15) is 18.5 Å². The first-order valence-electron chi connectivity index (χ1n) is 19.8. The number of likely N-dealkylation sites (tertiary alicyclic amines) is 2. The average molecular weight is 768 g/mol. The van der Waals surface area contributed by atoms with Crippen LogP contribution in [-0.2, 0) is 20.9 Å². The van der Waals surface area contributed by atoms with Gasteiger partial charge in [-0.2, -0.15) is 0 Å². The Balaban J connectivity index is 0.990. The highest BCUT2D eigenvalue weighted by atomic mass is 16.5. The van der Waals surface area contributed by atoms with Crippen molar-refractivity contribution in [1.29, 1.82) is 0 Å². The van der Waals surface area contributed by atoms with Crippen LogP contribution in [0.25, 0.3) is 22.4 Å². The van der Waals surface area contributed by atoms with Gasteiger partial charge in [-0.3, -0.25) is 9.59 Å². The summed E-state index contributed by atoms with van der Waals surface area (Å²) in [6.07, 6.45) is 5.53. The van der Waals surface area contributed by atoms with Gasteiger partial charge in [0.05, 0.1) is 17.9 Å². The van der Waals surface area contributed by atoms with Crippen molar-refractivity contribution < 1.29 is 23.9 Å². The molecule has 0 saturated carbocycles. The fourth-order valence-electron chi connectivity index (χ4n) is 7.53. The van der Waals surface area contributed by atoms with Gasteiger partial charge in [0.25, 0.3) is 0 Å². The number of hydrogen-bond donors (Lipinski definition) is 4. The number of H-pyrrole nitrogens is 1. The van der Waals surface area contributed by atoms with Crippen LogP contribution in [0.4, 0.5) is 15.3 Å². The summed E-state index contributed by atoms with van der Waals surface area (Å²) in [5, 5.41) is 8.87. The number of nitrogens with zero attached hydrogens (tertiary/aromatic N) is 3. The lowest BCUT2D eigenvalue weighted by Crippen LogP contribution is -2.54. The molecule has 294 valence electrons. The molecule has 2 fully saturated rings. The highest BCUT2D eigenvalue weighted by Crippen LogP contribution is 2.34. The summed E-state index contributed by atoms with van der Waals surface area (Å²) in [5.41, 5.74) is 6.25. The number of aromatic nitrogens is 2. The minimum Gasteiger partial charge on any atom is -0.445 e. The Morgan fingerprint density at radius 1 is 0.825 bits per heavy atom. The van der Waals surface area contributed by atoms with Crippen molar-refractivity contribution >= 4 is 29.6 Å². The third kappa shape index (κ3) is 9.88. The summed E-state index contributed by atoms with van der Waals surface area (Å²) in [6, 6.07) is 32.9. The van der Waals surface area contributed by atoms with Crippen LogP contribution in [0.3, 0.4) is 0 Å². The van der Waals surface area contributed by atoms with Crippen LogP contribution in [0.15, 0.2) is 115 Å². The first-order chi connectivity index (χ1) is 27.8. The minimum absolute atomic E-state index is 0.0126. The normalized spacial score (nSPS) is 17.1. The van der Waals surface area contributed by atoms with Crippen LogP contribution in [0.5, 0.6) is 0 Å². The fraction of sp³-hybridized carbons (Fsp3) is 0.311. The van der Waals surface area contributed by atoms with Crippen molar-refractivity contribution in [3.63, 3.8) is 0 Å². The Morgan fingerprint density at radius 3 is 2.21 bits per heavy atom. The maximum Gasteiger partial charge on any atom is 0.407 e. The molecule has 57 heavy (non-hydrogen) atoms. The van der Waals surface area contributed by atoms with Gasteiger partial charge < -0.3 is 35.5 Å². The van der Waals surface area contributed by atoms with Gasteiger partial charge in [-0.1, -0.05) is 104 Å². The zero-order valence-corrected chi connectivity index (χ0v) is 32.2. The molecule has 7 rings (SSSR count). The molecule has 12 heteroatoms. The second-order valence-electron chi connectivity index (χ2n) is 14.6. The predicted octanol–water partition coefficient (Wildman–Crippen LogP) is 7.99. The number of carbonyl (C=O) groups excluding carboxylic acids is 4. The van der Waals surface area contributed by atoms with Crippen molar-refractivity contribution in [3.8, 4) is 22.4 Å². The Morgan fingerprint density at radius 2 is 1.49 bits per heavy atom. The van der Waals surface area contributed by atoms with E-state index in [4.69, 9.17) is 9.72 Å². The number of rotatable bonds is 12. The van der Waals surface area contributed by atoms with Crippen molar-refractivity contribution in [2.24, 2.45) is 0 Å². The summed E-state index contributed by atoms with van der Waals surface area (Å²) < 4.78 is 5.41. The van der Waals surface area contributed by atoms with E-state index in [1.165, 1.54) is 0 Å². The zero-order chi connectivity index (χ0) is 39.6. The van der Waals surface area contributed by atoms with Crippen LogP contribution in [-0.4, -0.2) is 69.4 Å². The number of imidazole rings is 1. The van der Waals surface area contributed by atoms with E-state index in [1.807, 2.05) is 109 Å². The number of ether oxygens (including phenoxy) is 1. The molecule has 12 nitrogen and oxygen atoms in total. The van der Waals surface area contributed by atoms with E-state index in [0.29, 0.717) is 50.3 Å². The zero-order valence-electron chi connectivity index (χ0n) is 32.2. The Bertz CT molecular complexity index is 2120. The number of amides is 5. The Kier molecular flexibility index (Phi) is 12.6.